The van der Waals surface area contributed by atoms with Gasteiger partial charge in [-0.3, -0.25) is 14.6 Å². The molecule has 1 heterocycles. The molecular weight excluding hydrogens is 322 g/mol. The Bertz CT molecular complexity index is 817. The predicted octanol–water partition coefficient (Wildman–Crippen LogP) is 1.26. The van der Waals surface area contributed by atoms with Crippen molar-refractivity contribution in [2.75, 3.05) is 19.7 Å². The molecule has 0 fully saturated rings. The van der Waals surface area contributed by atoms with E-state index in [2.05, 4.69) is 15.6 Å². The van der Waals surface area contributed by atoms with Crippen LogP contribution in [0, 0.1) is 13.8 Å². The van der Waals surface area contributed by atoms with E-state index in [0.717, 1.165) is 16.5 Å². The smallest absolute Gasteiger partial charge is 0.340 e. The van der Waals surface area contributed by atoms with E-state index < -0.39 is 18.5 Å². The summed E-state index contributed by atoms with van der Waals surface area (Å²) in [6, 6.07) is 7.51. The third-order valence-corrected chi connectivity index (χ3v) is 3.69. The predicted molar refractivity (Wildman–Crippen MR) is 93.2 cm³/mol. The lowest BCUT2D eigenvalue weighted by Crippen LogP contribution is -2.38. The molecule has 0 spiro atoms. The van der Waals surface area contributed by atoms with Crippen LogP contribution in [0.3, 0.4) is 0 Å². The molecule has 0 aliphatic carbocycles. The maximum absolute atomic E-state index is 12.4. The lowest BCUT2D eigenvalue weighted by molar-refractivity contribution is -0.127. The molecule has 2 rings (SSSR count). The standard InChI is InChI=1S/C18H21N3O4/c1-4-19-15(22)9-20-16(23)10-25-18(24)17-11(2)13-7-5-6-8-14(13)21-12(17)3/h5-8H,4,9-10H2,1-3H3,(H,19,22)(H,20,23). The molecule has 2 N–H and O–H groups in total. The number of aryl methyl sites for hydroxylation is 2. The Morgan fingerprint density at radius 2 is 1.80 bits per heavy atom. The Labute approximate surface area is 145 Å². The van der Waals surface area contributed by atoms with Crippen LogP contribution in [0.5, 0.6) is 0 Å². The number of benzene rings is 1. The third kappa shape index (κ3) is 4.53. The summed E-state index contributed by atoms with van der Waals surface area (Å²) in [5.41, 5.74) is 2.46. The van der Waals surface area contributed by atoms with Gasteiger partial charge in [0.05, 0.1) is 23.3 Å². The average molecular weight is 343 g/mol. The fraction of sp³-hybridized carbons (Fsp3) is 0.333. The summed E-state index contributed by atoms with van der Waals surface area (Å²) in [5.74, 6) is -1.45. The zero-order chi connectivity index (χ0) is 18.4. The van der Waals surface area contributed by atoms with Crippen LogP contribution in [0.15, 0.2) is 24.3 Å². The van der Waals surface area contributed by atoms with E-state index in [9.17, 15) is 14.4 Å². The van der Waals surface area contributed by atoms with Crippen molar-refractivity contribution in [1.82, 2.24) is 15.6 Å². The van der Waals surface area contributed by atoms with Crippen molar-refractivity contribution in [2.45, 2.75) is 20.8 Å². The first-order chi connectivity index (χ1) is 11.9. The fourth-order valence-corrected chi connectivity index (χ4v) is 2.52. The monoisotopic (exact) mass is 343 g/mol. The number of amides is 2. The van der Waals surface area contributed by atoms with E-state index >= 15 is 0 Å². The number of carbonyl (C=O) groups excluding carboxylic acids is 3. The van der Waals surface area contributed by atoms with Gasteiger partial charge >= 0.3 is 5.97 Å². The number of para-hydroxylation sites is 1. The van der Waals surface area contributed by atoms with Gasteiger partial charge < -0.3 is 15.4 Å². The van der Waals surface area contributed by atoms with Crippen molar-refractivity contribution in [1.29, 1.82) is 0 Å². The minimum Gasteiger partial charge on any atom is -0.452 e. The van der Waals surface area contributed by atoms with E-state index in [0.29, 0.717) is 17.8 Å². The Hall–Kier alpha value is -2.96. The van der Waals surface area contributed by atoms with Crippen LogP contribution in [-0.2, 0) is 14.3 Å². The summed E-state index contributed by atoms with van der Waals surface area (Å²) in [6.07, 6.45) is 0. The number of nitrogens with one attached hydrogen (secondary N) is 2. The second-order valence-corrected chi connectivity index (χ2v) is 5.52. The minimum absolute atomic E-state index is 0.153. The van der Waals surface area contributed by atoms with Crippen molar-refractivity contribution in [3.05, 3.63) is 41.1 Å². The van der Waals surface area contributed by atoms with Crippen LogP contribution in [0.1, 0.15) is 28.5 Å². The van der Waals surface area contributed by atoms with E-state index in [1.165, 1.54) is 0 Å². The molecule has 2 aromatic rings. The van der Waals surface area contributed by atoms with Gasteiger partial charge in [-0.2, -0.15) is 0 Å². The van der Waals surface area contributed by atoms with Crippen molar-refractivity contribution in [3.63, 3.8) is 0 Å². The SMILES string of the molecule is CCNC(=O)CNC(=O)COC(=O)c1c(C)nc2ccccc2c1C. The first-order valence-electron chi connectivity index (χ1n) is 8.00. The molecule has 0 aliphatic heterocycles. The van der Waals surface area contributed by atoms with Crippen LogP contribution in [-0.4, -0.2) is 42.5 Å². The van der Waals surface area contributed by atoms with Crippen molar-refractivity contribution in [2.24, 2.45) is 0 Å². The molecule has 0 atom stereocenters. The van der Waals surface area contributed by atoms with Crippen molar-refractivity contribution in [3.8, 4) is 0 Å². The lowest BCUT2D eigenvalue weighted by atomic mass is 10.0. The molecule has 2 amide bonds. The van der Waals surface area contributed by atoms with Gasteiger partial charge in [0.2, 0.25) is 5.91 Å². The summed E-state index contributed by atoms with van der Waals surface area (Å²) < 4.78 is 5.07. The largest absolute Gasteiger partial charge is 0.452 e. The van der Waals surface area contributed by atoms with Gasteiger partial charge in [0, 0.05) is 11.9 Å². The molecule has 0 bridgehead atoms. The van der Waals surface area contributed by atoms with E-state index in [-0.39, 0.29) is 12.5 Å². The number of likely N-dealkylation sites (N-methyl/N-ethyl adjacent to an activating group) is 1. The van der Waals surface area contributed by atoms with Gasteiger partial charge in [0.25, 0.3) is 5.91 Å². The summed E-state index contributed by atoms with van der Waals surface area (Å²) in [5, 5.41) is 5.80. The normalized spacial score (nSPS) is 10.4. The second kappa shape index (κ2) is 8.23. The number of pyridine rings is 1. The summed E-state index contributed by atoms with van der Waals surface area (Å²) in [7, 11) is 0. The zero-order valence-corrected chi connectivity index (χ0v) is 14.5. The van der Waals surface area contributed by atoms with Gasteiger partial charge in [-0.1, -0.05) is 18.2 Å². The molecule has 0 saturated carbocycles. The highest BCUT2D eigenvalue weighted by Crippen LogP contribution is 2.23. The van der Waals surface area contributed by atoms with Crippen molar-refractivity contribution >= 4 is 28.7 Å². The quantitative estimate of drug-likeness (QED) is 0.770. The number of nitrogens with zero attached hydrogens (tertiary/aromatic N) is 1. The molecular formula is C18H21N3O4. The number of esters is 1. The highest BCUT2D eigenvalue weighted by atomic mass is 16.5. The fourth-order valence-electron chi connectivity index (χ4n) is 2.52. The van der Waals surface area contributed by atoms with E-state index in [4.69, 9.17) is 4.74 Å². The third-order valence-electron chi connectivity index (χ3n) is 3.69. The summed E-state index contributed by atoms with van der Waals surface area (Å²) in [6.45, 7) is 5.21. The van der Waals surface area contributed by atoms with Crippen LogP contribution >= 0.6 is 0 Å². The molecule has 7 heteroatoms. The molecule has 0 unspecified atom stereocenters. The zero-order valence-electron chi connectivity index (χ0n) is 14.5. The number of ether oxygens (including phenoxy) is 1. The van der Waals surface area contributed by atoms with Gasteiger partial charge in [0.1, 0.15) is 0 Å². The maximum Gasteiger partial charge on any atom is 0.340 e. The lowest BCUT2D eigenvalue weighted by Gasteiger charge is -2.12. The van der Waals surface area contributed by atoms with Crippen LogP contribution < -0.4 is 10.6 Å². The van der Waals surface area contributed by atoms with E-state index in [1.54, 1.807) is 13.8 Å². The Morgan fingerprint density at radius 3 is 2.52 bits per heavy atom. The number of hydrogen-bond donors (Lipinski definition) is 2. The minimum atomic E-state index is -0.610. The average Bonchev–Trinajstić information content (AvgIpc) is 2.58. The molecule has 132 valence electrons. The van der Waals surface area contributed by atoms with Crippen LogP contribution in [0.4, 0.5) is 0 Å². The van der Waals surface area contributed by atoms with Gasteiger partial charge in [0.15, 0.2) is 6.61 Å². The summed E-state index contributed by atoms with van der Waals surface area (Å²) >= 11 is 0. The second-order valence-electron chi connectivity index (χ2n) is 5.52. The molecule has 0 radical (unpaired) electrons. The molecule has 25 heavy (non-hydrogen) atoms. The number of fused-ring (bicyclic) bond motifs is 1. The van der Waals surface area contributed by atoms with Gasteiger partial charge in [-0.25, -0.2) is 4.79 Å². The van der Waals surface area contributed by atoms with E-state index in [1.807, 2.05) is 31.2 Å². The van der Waals surface area contributed by atoms with Crippen LogP contribution in [0.2, 0.25) is 0 Å². The summed E-state index contributed by atoms with van der Waals surface area (Å²) in [4.78, 5) is 39.7. The highest BCUT2D eigenvalue weighted by molar-refractivity contribution is 5.99. The highest BCUT2D eigenvalue weighted by Gasteiger charge is 2.18. The molecule has 7 nitrogen and oxygen atoms in total. The number of rotatable bonds is 6. The topological polar surface area (TPSA) is 97.4 Å². The number of carbonyl (C=O) groups is 3. The molecule has 1 aromatic carbocycles. The molecule has 1 aromatic heterocycles. The van der Waals surface area contributed by atoms with Gasteiger partial charge in [-0.15, -0.1) is 0 Å². The number of aromatic nitrogens is 1. The Balaban J connectivity index is 2.03. The molecule has 0 saturated heterocycles. The number of hydrogen-bond acceptors (Lipinski definition) is 5. The van der Waals surface area contributed by atoms with Crippen molar-refractivity contribution < 1.29 is 19.1 Å². The maximum atomic E-state index is 12.4. The van der Waals surface area contributed by atoms with Gasteiger partial charge in [-0.05, 0) is 32.4 Å². The first kappa shape index (κ1) is 18.4. The Morgan fingerprint density at radius 1 is 1.08 bits per heavy atom. The molecule has 0 aliphatic rings. The Kier molecular flexibility index (Phi) is 6.05. The first-order valence-corrected chi connectivity index (χ1v) is 8.00. The van der Waals surface area contributed by atoms with Crippen LogP contribution in [0.25, 0.3) is 10.9 Å².